The predicted octanol–water partition coefficient (Wildman–Crippen LogP) is 3.22. The van der Waals surface area contributed by atoms with Crippen molar-refractivity contribution in [1.29, 1.82) is 5.26 Å². The fourth-order valence-electron chi connectivity index (χ4n) is 1.48. The van der Waals surface area contributed by atoms with E-state index in [1.165, 1.54) is 0 Å². The molecule has 0 saturated heterocycles. The first kappa shape index (κ1) is 11.4. The molecular weight excluding hydrogens is 234 g/mol. The van der Waals surface area contributed by atoms with Crippen LogP contribution in [-0.2, 0) is 6.54 Å². The van der Waals surface area contributed by atoms with E-state index in [2.05, 4.69) is 16.4 Å². The van der Waals surface area contributed by atoms with Crippen molar-refractivity contribution >= 4 is 17.3 Å². The average Bonchev–Trinajstić information content (AvgIpc) is 2.37. The van der Waals surface area contributed by atoms with Crippen molar-refractivity contribution in [3.63, 3.8) is 0 Å². The first-order chi connectivity index (χ1) is 8.29. The van der Waals surface area contributed by atoms with Gasteiger partial charge in [0.2, 0.25) is 0 Å². The maximum Gasteiger partial charge on any atom is 0.101 e. The fraction of sp³-hybridized carbons (Fsp3) is 0.0769. The highest BCUT2D eigenvalue weighted by molar-refractivity contribution is 6.30. The van der Waals surface area contributed by atoms with Gasteiger partial charge in [-0.15, -0.1) is 0 Å². The molecule has 0 radical (unpaired) electrons. The summed E-state index contributed by atoms with van der Waals surface area (Å²) in [6, 6.07) is 11.4. The van der Waals surface area contributed by atoms with E-state index < -0.39 is 0 Å². The van der Waals surface area contributed by atoms with Gasteiger partial charge in [0.1, 0.15) is 6.07 Å². The molecular formula is C13H10ClN3. The molecule has 0 aliphatic heterocycles. The van der Waals surface area contributed by atoms with Crippen molar-refractivity contribution in [3.8, 4) is 6.07 Å². The number of nitrogens with zero attached hydrogens (tertiary/aromatic N) is 2. The van der Waals surface area contributed by atoms with Gasteiger partial charge < -0.3 is 5.32 Å². The maximum absolute atomic E-state index is 8.92. The molecule has 3 nitrogen and oxygen atoms in total. The van der Waals surface area contributed by atoms with Crippen molar-refractivity contribution < 1.29 is 0 Å². The Kier molecular flexibility index (Phi) is 3.59. The van der Waals surface area contributed by atoms with Crippen LogP contribution in [0.25, 0.3) is 0 Å². The Hall–Kier alpha value is -2.05. The third kappa shape index (κ3) is 2.96. The predicted molar refractivity (Wildman–Crippen MR) is 67.7 cm³/mol. The lowest BCUT2D eigenvalue weighted by atomic mass is 10.2. The van der Waals surface area contributed by atoms with Crippen LogP contribution in [0, 0.1) is 11.3 Å². The SMILES string of the molecule is N#Cc1ccncc1NCc1cccc(Cl)c1. The number of benzene rings is 1. The summed E-state index contributed by atoms with van der Waals surface area (Å²) in [7, 11) is 0. The van der Waals surface area contributed by atoms with Gasteiger partial charge in [-0.2, -0.15) is 5.26 Å². The zero-order valence-corrected chi connectivity index (χ0v) is 9.78. The molecule has 2 rings (SSSR count). The molecule has 1 aromatic carbocycles. The van der Waals surface area contributed by atoms with Crippen LogP contribution in [0.4, 0.5) is 5.69 Å². The Labute approximate surface area is 105 Å². The molecule has 17 heavy (non-hydrogen) atoms. The summed E-state index contributed by atoms with van der Waals surface area (Å²) >= 11 is 5.89. The summed E-state index contributed by atoms with van der Waals surface area (Å²) in [6.07, 6.45) is 3.24. The van der Waals surface area contributed by atoms with E-state index in [1.54, 1.807) is 18.5 Å². The highest BCUT2D eigenvalue weighted by Gasteiger charge is 2.01. The quantitative estimate of drug-likeness (QED) is 0.901. The molecule has 0 fully saturated rings. The van der Waals surface area contributed by atoms with E-state index in [1.807, 2.05) is 24.3 Å². The second-order valence-corrected chi connectivity index (χ2v) is 3.95. The van der Waals surface area contributed by atoms with E-state index in [-0.39, 0.29) is 0 Å². The lowest BCUT2D eigenvalue weighted by Crippen LogP contribution is -2.01. The van der Waals surface area contributed by atoms with E-state index in [0.717, 1.165) is 11.3 Å². The molecule has 0 aliphatic carbocycles. The molecule has 2 aromatic rings. The van der Waals surface area contributed by atoms with Crippen molar-refractivity contribution in [2.75, 3.05) is 5.32 Å². The number of halogens is 1. The molecule has 0 bridgehead atoms. The summed E-state index contributed by atoms with van der Waals surface area (Å²) in [5, 5.41) is 12.8. The van der Waals surface area contributed by atoms with Crippen molar-refractivity contribution in [2.45, 2.75) is 6.54 Å². The first-order valence-corrected chi connectivity index (χ1v) is 5.50. The monoisotopic (exact) mass is 243 g/mol. The lowest BCUT2D eigenvalue weighted by molar-refractivity contribution is 1.13. The minimum atomic E-state index is 0.585. The van der Waals surface area contributed by atoms with Crippen LogP contribution < -0.4 is 5.32 Å². The summed E-state index contributed by atoms with van der Waals surface area (Å²) in [6.45, 7) is 0.612. The molecule has 0 saturated carbocycles. The van der Waals surface area contributed by atoms with Crippen molar-refractivity contribution in [1.82, 2.24) is 4.98 Å². The molecule has 0 spiro atoms. The van der Waals surface area contributed by atoms with Gasteiger partial charge in [-0.1, -0.05) is 23.7 Å². The molecule has 4 heteroatoms. The average molecular weight is 244 g/mol. The van der Waals surface area contributed by atoms with Gasteiger partial charge in [-0.3, -0.25) is 4.98 Å². The molecule has 0 aliphatic rings. The van der Waals surface area contributed by atoms with Crippen LogP contribution >= 0.6 is 11.6 Å². The van der Waals surface area contributed by atoms with E-state index >= 15 is 0 Å². The summed E-state index contributed by atoms with van der Waals surface area (Å²) in [5.74, 6) is 0. The first-order valence-electron chi connectivity index (χ1n) is 5.12. The number of pyridine rings is 1. The Bertz CT molecular complexity index is 561. The van der Waals surface area contributed by atoms with E-state index in [9.17, 15) is 0 Å². The van der Waals surface area contributed by atoms with Crippen LogP contribution in [0.5, 0.6) is 0 Å². The Morgan fingerprint density at radius 1 is 1.35 bits per heavy atom. The van der Waals surface area contributed by atoms with Crippen LogP contribution in [0.15, 0.2) is 42.7 Å². The normalized spacial score (nSPS) is 9.65. The van der Waals surface area contributed by atoms with Gasteiger partial charge >= 0.3 is 0 Å². The molecule has 0 amide bonds. The largest absolute Gasteiger partial charge is 0.379 e. The number of nitriles is 1. The molecule has 84 valence electrons. The van der Waals surface area contributed by atoms with Gasteiger partial charge in [0, 0.05) is 17.8 Å². The number of nitrogens with one attached hydrogen (secondary N) is 1. The van der Waals surface area contributed by atoms with Gasteiger partial charge in [0.05, 0.1) is 17.4 Å². The molecule has 0 unspecified atom stereocenters. The van der Waals surface area contributed by atoms with Crippen LogP contribution in [0.3, 0.4) is 0 Å². The Balaban J connectivity index is 2.10. The minimum Gasteiger partial charge on any atom is -0.379 e. The highest BCUT2D eigenvalue weighted by atomic mass is 35.5. The Morgan fingerprint density at radius 2 is 2.24 bits per heavy atom. The van der Waals surface area contributed by atoms with Gasteiger partial charge in [0.15, 0.2) is 0 Å². The smallest absolute Gasteiger partial charge is 0.101 e. The van der Waals surface area contributed by atoms with Crippen molar-refractivity contribution in [2.24, 2.45) is 0 Å². The molecule has 1 heterocycles. The van der Waals surface area contributed by atoms with Crippen LogP contribution in [-0.4, -0.2) is 4.98 Å². The zero-order valence-electron chi connectivity index (χ0n) is 9.02. The third-order valence-electron chi connectivity index (χ3n) is 2.31. The number of anilines is 1. The number of hydrogen-bond donors (Lipinski definition) is 1. The molecule has 1 aromatic heterocycles. The zero-order chi connectivity index (χ0) is 12.1. The second kappa shape index (κ2) is 5.33. The number of aromatic nitrogens is 1. The maximum atomic E-state index is 8.92. The van der Waals surface area contributed by atoms with Crippen molar-refractivity contribution in [3.05, 3.63) is 58.9 Å². The minimum absolute atomic E-state index is 0.585. The fourth-order valence-corrected chi connectivity index (χ4v) is 1.69. The summed E-state index contributed by atoms with van der Waals surface area (Å²) < 4.78 is 0. The van der Waals surface area contributed by atoms with Gasteiger partial charge in [-0.05, 0) is 23.8 Å². The third-order valence-corrected chi connectivity index (χ3v) is 2.55. The highest BCUT2D eigenvalue weighted by Crippen LogP contribution is 2.15. The van der Waals surface area contributed by atoms with Crippen LogP contribution in [0.2, 0.25) is 5.02 Å². The van der Waals surface area contributed by atoms with Gasteiger partial charge in [0.25, 0.3) is 0 Å². The van der Waals surface area contributed by atoms with E-state index in [4.69, 9.17) is 16.9 Å². The van der Waals surface area contributed by atoms with Gasteiger partial charge in [-0.25, -0.2) is 0 Å². The molecule has 0 atom stereocenters. The number of rotatable bonds is 3. The number of hydrogen-bond acceptors (Lipinski definition) is 3. The summed E-state index contributed by atoms with van der Waals surface area (Å²) in [4.78, 5) is 3.98. The summed E-state index contributed by atoms with van der Waals surface area (Å²) in [5.41, 5.74) is 2.38. The lowest BCUT2D eigenvalue weighted by Gasteiger charge is -2.07. The second-order valence-electron chi connectivity index (χ2n) is 3.52. The van der Waals surface area contributed by atoms with E-state index in [0.29, 0.717) is 17.1 Å². The molecule has 1 N–H and O–H groups in total. The standard InChI is InChI=1S/C13H10ClN3/c14-12-3-1-2-10(6-12)8-17-13-9-16-5-4-11(13)7-15/h1-6,9,17H,8H2. The van der Waals surface area contributed by atoms with Crippen LogP contribution in [0.1, 0.15) is 11.1 Å². The topological polar surface area (TPSA) is 48.7 Å². The Morgan fingerprint density at radius 3 is 3.00 bits per heavy atom.